The molecule has 12 heavy (non-hydrogen) atoms. The van der Waals surface area contributed by atoms with Crippen molar-refractivity contribution in [2.45, 2.75) is 12.2 Å². The van der Waals surface area contributed by atoms with Crippen LogP contribution in [-0.4, -0.2) is 46.0 Å². The summed E-state index contributed by atoms with van der Waals surface area (Å²) in [6.45, 7) is 2.48. The maximum atomic E-state index is 10.9. The van der Waals surface area contributed by atoms with Gasteiger partial charge in [0.25, 0.3) is 0 Å². The molecule has 68 valence electrons. The van der Waals surface area contributed by atoms with Gasteiger partial charge >= 0.3 is 5.97 Å². The zero-order valence-electron chi connectivity index (χ0n) is 6.82. The number of rotatable bonds is 1. The molecule has 5 heteroatoms. The fourth-order valence-electron chi connectivity index (χ4n) is 1.08. The molecule has 1 fully saturated rings. The van der Waals surface area contributed by atoms with Crippen molar-refractivity contribution in [1.29, 1.82) is 0 Å². The lowest BCUT2D eigenvalue weighted by Crippen LogP contribution is -2.43. The van der Waals surface area contributed by atoms with Gasteiger partial charge in [0.05, 0.1) is 0 Å². The lowest BCUT2D eigenvalue weighted by Gasteiger charge is -2.29. The molecule has 0 bridgehead atoms. The van der Waals surface area contributed by atoms with Crippen LogP contribution in [0.15, 0.2) is 0 Å². The molecule has 1 heterocycles. The maximum absolute atomic E-state index is 10.9. The SMILES string of the molecule is CC(=O)N1CCS[C@@H](C(=O)O)C1. The van der Waals surface area contributed by atoms with Crippen LogP contribution in [0.25, 0.3) is 0 Å². The zero-order valence-corrected chi connectivity index (χ0v) is 7.63. The fourth-order valence-corrected chi connectivity index (χ4v) is 2.12. The summed E-state index contributed by atoms with van der Waals surface area (Å²) in [5.41, 5.74) is 0. The standard InChI is InChI=1S/C7H11NO3S/c1-5(9)8-2-3-12-6(4-8)7(10)11/h6H,2-4H2,1H3,(H,10,11)/t6-/m1/s1. The summed E-state index contributed by atoms with van der Waals surface area (Å²) in [7, 11) is 0. The van der Waals surface area contributed by atoms with E-state index in [0.717, 1.165) is 5.75 Å². The molecule has 0 unspecified atom stereocenters. The third-order valence-corrected chi connectivity index (χ3v) is 2.96. The van der Waals surface area contributed by atoms with Crippen LogP contribution >= 0.6 is 11.8 Å². The van der Waals surface area contributed by atoms with Gasteiger partial charge < -0.3 is 10.0 Å². The van der Waals surface area contributed by atoms with Gasteiger partial charge in [-0.05, 0) is 0 Å². The third-order valence-electron chi connectivity index (χ3n) is 1.79. The molecule has 0 saturated carbocycles. The van der Waals surface area contributed by atoms with Crippen LogP contribution < -0.4 is 0 Å². The van der Waals surface area contributed by atoms with Crippen molar-refractivity contribution in [2.75, 3.05) is 18.8 Å². The van der Waals surface area contributed by atoms with Crippen molar-refractivity contribution >= 4 is 23.6 Å². The number of carbonyl (C=O) groups is 2. The summed E-state index contributed by atoms with van der Waals surface area (Å²) >= 11 is 1.40. The highest BCUT2D eigenvalue weighted by Gasteiger charge is 2.26. The molecule has 0 aliphatic carbocycles. The lowest BCUT2D eigenvalue weighted by molar-refractivity contribution is -0.137. The minimum Gasteiger partial charge on any atom is -0.480 e. The van der Waals surface area contributed by atoms with Gasteiger partial charge in [-0.15, -0.1) is 11.8 Å². The molecule has 1 N–H and O–H groups in total. The average molecular weight is 189 g/mol. The summed E-state index contributed by atoms with van der Waals surface area (Å²) < 4.78 is 0. The number of carbonyl (C=O) groups excluding carboxylic acids is 1. The number of thioether (sulfide) groups is 1. The predicted molar refractivity (Wildman–Crippen MR) is 46.1 cm³/mol. The summed E-state index contributed by atoms with van der Waals surface area (Å²) in [5.74, 6) is -0.149. The Kier molecular flexibility index (Phi) is 2.97. The van der Waals surface area contributed by atoms with Crippen molar-refractivity contribution in [1.82, 2.24) is 4.90 Å². The van der Waals surface area contributed by atoms with Crippen LogP contribution in [0.5, 0.6) is 0 Å². The molecule has 0 aromatic rings. The van der Waals surface area contributed by atoms with E-state index < -0.39 is 11.2 Å². The molecule has 4 nitrogen and oxygen atoms in total. The van der Waals surface area contributed by atoms with Crippen LogP contribution in [0.2, 0.25) is 0 Å². The first-order chi connectivity index (χ1) is 5.61. The fraction of sp³-hybridized carbons (Fsp3) is 0.714. The Labute approximate surface area is 74.9 Å². The van der Waals surface area contributed by atoms with E-state index >= 15 is 0 Å². The van der Waals surface area contributed by atoms with E-state index in [4.69, 9.17) is 5.11 Å². The second kappa shape index (κ2) is 3.80. The molecule has 0 radical (unpaired) electrons. The van der Waals surface area contributed by atoms with E-state index in [1.54, 1.807) is 4.90 Å². The Hall–Kier alpha value is -0.710. The summed E-state index contributed by atoms with van der Waals surface area (Å²) in [4.78, 5) is 23.0. The normalized spacial score (nSPS) is 23.8. The van der Waals surface area contributed by atoms with Crippen LogP contribution in [-0.2, 0) is 9.59 Å². The van der Waals surface area contributed by atoms with E-state index in [1.807, 2.05) is 0 Å². The van der Waals surface area contributed by atoms with Gasteiger partial charge in [0.15, 0.2) is 0 Å². The van der Waals surface area contributed by atoms with Crippen molar-refractivity contribution < 1.29 is 14.7 Å². The highest BCUT2D eigenvalue weighted by molar-refractivity contribution is 8.00. The third kappa shape index (κ3) is 2.14. The molecule has 1 rings (SSSR count). The van der Waals surface area contributed by atoms with Gasteiger partial charge in [0, 0.05) is 25.8 Å². The molecule has 1 saturated heterocycles. The number of carboxylic acids is 1. The molecule has 1 atom stereocenters. The minimum atomic E-state index is -0.828. The van der Waals surface area contributed by atoms with Crippen LogP contribution in [0.1, 0.15) is 6.92 Å². The van der Waals surface area contributed by atoms with Crippen LogP contribution in [0.4, 0.5) is 0 Å². The lowest BCUT2D eigenvalue weighted by atomic mass is 10.3. The van der Waals surface area contributed by atoms with E-state index in [2.05, 4.69) is 0 Å². The second-order valence-electron chi connectivity index (χ2n) is 2.66. The smallest absolute Gasteiger partial charge is 0.318 e. The van der Waals surface area contributed by atoms with Crippen molar-refractivity contribution in [3.05, 3.63) is 0 Å². The van der Waals surface area contributed by atoms with Gasteiger partial charge in [0.2, 0.25) is 5.91 Å². The highest BCUT2D eigenvalue weighted by Crippen LogP contribution is 2.18. The number of aliphatic carboxylic acids is 1. The number of amides is 1. The van der Waals surface area contributed by atoms with E-state index in [-0.39, 0.29) is 5.91 Å². The van der Waals surface area contributed by atoms with Gasteiger partial charge in [-0.1, -0.05) is 0 Å². The Morgan fingerprint density at radius 1 is 1.58 bits per heavy atom. The minimum absolute atomic E-state index is 0.0402. The first-order valence-electron chi connectivity index (χ1n) is 3.71. The van der Waals surface area contributed by atoms with E-state index in [1.165, 1.54) is 18.7 Å². The molecule has 0 spiro atoms. The molecule has 1 aliphatic heterocycles. The second-order valence-corrected chi connectivity index (χ2v) is 3.97. The van der Waals surface area contributed by atoms with Crippen molar-refractivity contribution in [3.63, 3.8) is 0 Å². The van der Waals surface area contributed by atoms with Gasteiger partial charge in [-0.2, -0.15) is 0 Å². The molecule has 1 amide bonds. The summed E-state index contributed by atoms with van der Waals surface area (Å²) in [5, 5.41) is 8.24. The van der Waals surface area contributed by atoms with Crippen molar-refractivity contribution in [3.8, 4) is 0 Å². The first kappa shape index (κ1) is 9.38. The molecule has 0 aromatic carbocycles. The summed E-state index contributed by atoms with van der Waals surface area (Å²) in [6, 6.07) is 0. The monoisotopic (exact) mass is 189 g/mol. The largest absolute Gasteiger partial charge is 0.480 e. The number of nitrogens with zero attached hydrogens (tertiary/aromatic N) is 1. The first-order valence-corrected chi connectivity index (χ1v) is 4.76. The molecule has 0 aromatic heterocycles. The molecular weight excluding hydrogens is 178 g/mol. The number of carboxylic acid groups (broad SMARTS) is 1. The Morgan fingerprint density at radius 3 is 2.75 bits per heavy atom. The summed E-state index contributed by atoms with van der Waals surface area (Å²) in [6.07, 6.45) is 0. The zero-order chi connectivity index (χ0) is 9.14. The maximum Gasteiger partial charge on any atom is 0.318 e. The number of hydrogen-bond donors (Lipinski definition) is 1. The highest BCUT2D eigenvalue weighted by atomic mass is 32.2. The van der Waals surface area contributed by atoms with Gasteiger partial charge in [-0.25, -0.2) is 0 Å². The Balaban J connectivity index is 2.51. The van der Waals surface area contributed by atoms with Crippen molar-refractivity contribution in [2.24, 2.45) is 0 Å². The van der Waals surface area contributed by atoms with E-state index in [9.17, 15) is 9.59 Å². The molecular formula is C7H11NO3S. The average Bonchev–Trinajstić information content (AvgIpc) is 2.04. The van der Waals surface area contributed by atoms with Crippen LogP contribution in [0, 0.1) is 0 Å². The Morgan fingerprint density at radius 2 is 2.25 bits per heavy atom. The quantitative estimate of drug-likeness (QED) is 0.632. The van der Waals surface area contributed by atoms with Crippen LogP contribution in [0.3, 0.4) is 0 Å². The van der Waals surface area contributed by atoms with Gasteiger partial charge in [-0.3, -0.25) is 9.59 Å². The molecule has 1 aliphatic rings. The number of hydrogen-bond acceptors (Lipinski definition) is 3. The van der Waals surface area contributed by atoms with E-state index in [0.29, 0.717) is 13.1 Å². The predicted octanol–water partition coefficient (Wildman–Crippen LogP) is 0.0349. The van der Waals surface area contributed by atoms with Gasteiger partial charge in [0.1, 0.15) is 5.25 Å². The Bertz CT molecular complexity index is 187. The topological polar surface area (TPSA) is 57.6 Å².